The minimum atomic E-state index is -0.248. The van der Waals surface area contributed by atoms with Gasteiger partial charge in [0.25, 0.3) is 0 Å². The van der Waals surface area contributed by atoms with Gasteiger partial charge in [0.2, 0.25) is 0 Å². The van der Waals surface area contributed by atoms with Crippen LogP contribution in [0.4, 0.5) is 4.79 Å². The number of piperidine rings is 1. The molecule has 2 heterocycles. The standard InChI is InChI=1S/C21H23ClN2O2/c1-15(2)19-12-18(13-20(22)23-19)17-8-10-24(11-9-17)21(25)26-14-16-6-4-3-5-7-16/h3-7,12-13,17H,1,8-11,14H2,2H3. The van der Waals surface area contributed by atoms with Crippen LogP contribution in [0.15, 0.2) is 49.0 Å². The number of carbonyl (C=O) groups is 1. The molecule has 0 aliphatic carbocycles. The summed E-state index contributed by atoms with van der Waals surface area (Å²) < 4.78 is 5.42. The number of carbonyl (C=O) groups excluding carboxylic acids is 1. The van der Waals surface area contributed by atoms with E-state index >= 15 is 0 Å². The van der Waals surface area contributed by atoms with Crippen molar-refractivity contribution in [1.82, 2.24) is 9.88 Å². The summed E-state index contributed by atoms with van der Waals surface area (Å²) in [5.74, 6) is 0.367. The van der Waals surface area contributed by atoms with E-state index in [1.165, 1.54) is 5.56 Å². The molecule has 136 valence electrons. The number of amides is 1. The monoisotopic (exact) mass is 370 g/mol. The number of allylic oxidation sites excluding steroid dienone is 1. The van der Waals surface area contributed by atoms with Gasteiger partial charge in [-0.3, -0.25) is 0 Å². The van der Waals surface area contributed by atoms with Crippen LogP contribution in [-0.2, 0) is 11.3 Å². The number of hydrogen-bond acceptors (Lipinski definition) is 3. The molecule has 1 saturated heterocycles. The number of nitrogens with zero attached hydrogens (tertiary/aromatic N) is 2. The van der Waals surface area contributed by atoms with E-state index in [0.29, 0.717) is 30.8 Å². The maximum absolute atomic E-state index is 12.3. The smallest absolute Gasteiger partial charge is 0.410 e. The largest absolute Gasteiger partial charge is 0.445 e. The van der Waals surface area contributed by atoms with E-state index in [2.05, 4.69) is 17.6 Å². The molecule has 1 aliphatic rings. The number of benzene rings is 1. The maximum Gasteiger partial charge on any atom is 0.410 e. The van der Waals surface area contributed by atoms with Crippen molar-refractivity contribution in [1.29, 1.82) is 0 Å². The van der Waals surface area contributed by atoms with E-state index in [0.717, 1.165) is 29.7 Å². The zero-order valence-electron chi connectivity index (χ0n) is 15.0. The van der Waals surface area contributed by atoms with Gasteiger partial charge in [0, 0.05) is 13.1 Å². The van der Waals surface area contributed by atoms with Crippen LogP contribution in [0.1, 0.15) is 42.5 Å². The Hall–Kier alpha value is -2.33. The normalized spacial score (nSPS) is 14.9. The third-order valence-corrected chi connectivity index (χ3v) is 4.88. The third-order valence-electron chi connectivity index (χ3n) is 4.68. The third kappa shape index (κ3) is 4.64. The molecule has 0 N–H and O–H groups in total. The predicted octanol–water partition coefficient (Wildman–Crippen LogP) is 5.28. The van der Waals surface area contributed by atoms with Crippen molar-refractivity contribution < 1.29 is 9.53 Å². The Bertz CT molecular complexity index is 784. The Morgan fingerprint density at radius 2 is 1.96 bits per heavy atom. The number of rotatable bonds is 4. The summed E-state index contributed by atoms with van der Waals surface area (Å²) >= 11 is 6.16. The quantitative estimate of drug-likeness (QED) is 0.687. The van der Waals surface area contributed by atoms with Crippen molar-refractivity contribution in [3.05, 3.63) is 71.0 Å². The summed E-state index contributed by atoms with van der Waals surface area (Å²) in [5.41, 5.74) is 3.89. The van der Waals surface area contributed by atoms with E-state index in [-0.39, 0.29) is 6.09 Å². The van der Waals surface area contributed by atoms with Crippen LogP contribution in [0.5, 0.6) is 0 Å². The van der Waals surface area contributed by atoms with Gasteiger partial charge in [0.1, 0.15) is 11.8 Å². The Morgan fingerprint density at radius 1 is 1.27 bits per heavy atom. The molecule has 2 aromatic rings. The van der Waals surface area contributed by atoms with Gasteiger partial charge < -0.3 is 9.64 Å². The van der Waals surface area contributed by atoms with E-state index in [4.69, 9.17) is 16.3 Å². The van der Waals surface area contributed by atoms with Crippen LogP contribution in [-0.4, -0.2) is 29.1 Å². The van der Waals surface area contributed by atoms with Crippen molar-refractivity contribution in [3.63, 3.8) is 0 Å². The second-order valence-electron chi connectivity index (χ2n) is 6.69. The Kier molecular flexibility index (Phi) is 5.94. The Labute approximate surface area is 159 Å². The highest BCUT2D eigenvalue weighted by atomic mass is 35.5. The number of ether oxygens (including phenoxy) is 1. The fourth-order valence-corrected chi connectivity index (χ4v) is 3.39. The lowest BCUT2D eigenvalue weighted by Gasteiger charge is -2.31. The molecule has 1 amide bonds. The summed E-state index contributed by atoms with van der Waals surface area (Å²) in [7, 11) is 0. The highest BCUT2D eigenvalue weighted by molar-refractivity contribution is 6.29. The Balaban J connectivity index is 1.55. The van der Waals surface area contributed by atoms with Crippen LogP contribution in [0.25, 0.3) is 5.57 Å². The van der Waals surface area contributed by atoms with Gasteiger partial charge in [-0.1, -0.05) is 48.5 Å². The van der Waals surface area contributed by atoms with Gasteiger partial charge in [-0.2, -0.15) is 0 Å². The summed E-state index contributed by atoms with van der Waals surface area (Å²) in [6, 6.07) is 13.7. The first kappa shape index (κ1) is 18.5. The van der Waals surface area contributed by atoms with Gasteiger partial charge in [0.05, 0.1) is 5.69 Å². The molecule has 5 heteroatoms. The van der Waals surface area contributed by atoms with Crippen LogP contribution in [0.2, 0.25) is 5.15 Å². The summed E-state index contributed by atoms with van der Waals surface area (Å²) in [5, 5.41) is 0.491. The molecular formula is C21H23ClN2O2. The molecule has 1 fully saturated rings. The average Bonchev–Trinajstić information content (AvgIpc) is 2.66. The second kappa shape index (κ2) is 8.37. The minimum absolute atomic E-state index is 0.248. The van der Waals surface area contributed by atoms with Crippen molar-refractivity contribution >= 4 is 23.3 Å². The molecule has 0 bridgehead atoms. The number of pyridine rings is 1. The van der Waals surface area contributed by atoms with Crippen molar-refractivity contribution in [2.75, 3.05) is 13.1 Å². The molecule has 3 rings (SSSR count). The SMILES string of the molecule is C=C(C)c1cc(C2CCN(C(=O)OCc3ccccc3)CC2)cc(Cl)n1. The Morgan fingerprint density at radius 3 is 2.62 bits per heavy atom. The fourth-order valence-electron chi connectivity index (χ4n) is 3.18. The topological polar surface area (TPSA) is 42.4 Å². The molecule has 26 heavy (non-hydrogen) atoms. The van der Waals surface area contributed by atoms with Crippen LogP contribution >= 0.6 is 11.6 Å². The minimum Gasteiger partial charge on any atom is -0.445 e. The van der Waals surface area contributed by atoms with Crippen LogP contribution in [0, 0.1) is 0 Å². The second-order valence-corrected chi connectivity index (χ2v) is 7.08. The molecular weight excluding hydrogens is 348 g/mol. The molecule has 1 aromatic heterocycles. The average molecular weight is 371 g/mol. The van der Waals surface area contributed by atoms with E-state index in [9.17, 15) is 4.79 Å². The van der Waals surface area contributed by atoms with Gasteiger partial charge in [-0.25, -0.2) is 9.78 Å². The van der Waals surface area contributed by atoms with Gasteiger partial charge in [-0.15, -0.1) is 0 Å². The lowest BCUT2D eigenvalue weighted by molar-refractivity contribution is 0.0870. The highest BCUT2D eigenvalue weighted by Gasteiger charge is 2.25. The molecule has 0 atom stereocenters. The molecule has 1 aromatic carbocycles. The van der Waals surface area contributed by atoms with Crippen molar-refractivity contribution in [2.45, 2.75) is 32.3 Å². The molecule has 1 aliphatic heterocycles. The predicted molar refractivity (Wildman–Crippen MR) is 104 cm³/mol. The van der Waals surface area contributed by atoms with Gasteiger partial charge in [0.15, 0.2) is 0 Å². The van der Waals surface area contributed by atoms with Crippen LogP contribution in [0.3, 0.4) is 0 Å². The first-order valence-corrected chi connectivity index (χ1v) is 9.19. The number of likely N-dealkylation sites (tertiary alicyclic amines) is 1. The first-order chi connectivity index (χ1) is 12.5. The molecule has 4 nitrogen and oxygen atoms in total. The number of halogens is 1. The van der Waals surface area contributed by atoms with Crippen molar-refractivity contribution in [2.24, 2.45) is 0 Å². The molecule has 0 saturated carbocycles. The molecule has 0 spiro atoms. The van der Waals surface area contributed by atoms with E-state index in [1.807, 2.05) is 43.3 Å². The van der Waals surface area contributed by atoms with Crippen molar-refractivity contribution in [3.8, 4) is 0 Å². The van der Waals surface area contributed by atoms with E-state index < -0.39 is 0 Å². The zero-order chi connectivity index (χ0) is 18.5. The lowest BCUT2D eigenvalue weighted by Crippen LogP contribution is -2.38. The molecule has 0 unspecified atom stereocenters. The first-order valence-electron chi connectivity index (χ1n) is 8.82. The lowest BCUT2D eigenvalue weighted by atomic mass is 9.89. The molecule has 0 radical (unpaired) electrons. The summed E-state index contributed by atoms with van der Waals surface area (Å²) in [6.07, 6.45) is 1.52. The summed E-state index contributed by atoms with van der Waals surface area (Å²) in [6.45, 7) is 7.54. The maximum atomic E-state index is 12.3. The van der Waals surface area contributed by atoms with Crippen LogP contribution < -0.4 is 0 Å². The van der Waals surface area contributed by atoms with Gasteiger partial charge >= 0.3 is 6.09 Å². The highest BCUT2D eigenvalue weighted by Crippen LogP contribution is 2.31. The van der Waals surface area contributed by atoms with E-state index in [1.54, 1.807) is 4.90 Å². The fraction of sp³-hybridized carbons (Fsp3) is 0.333. The van der Waals surface area contributed by atoms with Gasteiger partial charge in [-0.05, 0) is 54.5 Å². The zero-order valence-corrected chi connectivity index (χ0v) is 15.7. The number of hydrogen-bond donors (Lipinski definition) is 0. The summed E-state index contributed by atoms with van der Waals surface area (Å²) in [4.78, 5) is 18.4. The number of aromatic nitrogens is 1.